The fourth-order valence-corrected chi connectivity index (χ4v) is 2.14. The molecule has 0 spiro atoms. The molecule has 2 aromatic carbocycles. The molecule has 0 unspecified atom stereocenters. The van der Waals surface area contributed by atoms with E-state index in [1.807, 2.05) is 48.7 Å². The molecule has 0 saturated heterocycles. The molecule has 1 aromatic heterocycles. The quantitative estimate of drug-likeness (QED) is 0.427. The fraction of sp³-hybridized carbons (Fsp3) is 0. The first-order chi connectivity index (χ1) is 9.38. The Hall–Kier alpha value is -2.68. The smallest absolute Gasteiger partial charge is 0.0780 e. The summed E-state index contributed by atoms with van der Waals surface area (Å²) < 4.78 is 0. The van der Waals surface area contributed by atoms with Crippen LogP contribution in [0, 0.1) is 0 Å². The number of nitrogens with zero attached hydrogens (tertiary/aromatic N) is 2. The minimum atomic E-state index is 0.853. The van der Waals surface area contributed by atoms with Gasteiger partial charge >= 0.3 is 0 Å². The number of hydrogen-bond donors (Lipinski definition) is 1. The molecule has 1 heterocycles. The highest BCUT2D eigenvalue weighted by Crippen LogP contribution is 2.26. The van der Waals surface area contributed by atoms with Gasteiger partial charge in [-0.15, -0.1) is 0 Å². The Labute approximate surface area is 110 Å². The van der Waals surface area contributed by atoms with Crippen molar-refractivity contribution in [3.63, 3.8) is 0 Å². The molecule has 0 atom stereocenters. The number of fused-ring (bicyclic) bond motifs is 1. The molecule has 0 saturated carbocycles. The molecule has 0 aliphatic heterocycles. The van der Waals surface area contributed by atoms with Crippen molar-refractivity contribution in [3.8, 4) is 11.3 Å². The van der Waals surface area contributed by atoms with Gasteiger partial charge in [0, 0.05) is 17.1 Å². The van der Waals surface area contributed by atoms with Gasteiger partial charge in [-0.2, -0.15) is 0 Å². The molecule has 0 aliphatic carbocycles. The molecular weight excluding hydrogens is 236 g/mol. The van der Waals surface area contributed by atoms with Gasteiger partial charge in [0.1, 0.15) is 0 Å². The van der Waals surface area contributed by atoms with Crippen LogP contribution in [0.25, 0.3) is 22.0 Å². The van der Waals surface area contributed by atoms with Gasteiger partial charge in [0.25, 0.3) is 0 Å². The summed E-state index contributed by atoms with van der Waals surface area (Å²) in [4.78, 5) is 4.47. The topological polar surface area (TPSA) is 45.5 Å². The Bertz CT molecular complexity index is 728. The lowest BCUT2D eigenvalue weighted by atomic mass is 10.0. The van der Waals surface area contributed by atoms with Gasteiger partial charge in [-0.05, 0) is 17.0 Å². The van der Waals surface area contributed by atoms with E-state index in [4.69, 9.17) is 5.21 Å². The summed E-state index contributed by atoms with van der Waals surface area (Å²) in [6.45, 7) is 0. The van der Waals surface area contributed by atoms with Crippen LogP contribution in [-0.2, 0) is 0 Å². The zero-order chi connectivity index (χ0) is 13.1. The van der Waals surface area contributed by atoms with E-state index >= 15 is 0 Å². The summed E-state index contributed by atoms with van der Waals surface area (Å²) in [5.74, 6) is 0. The van der Waals surface area contributed by atoms with E-state index < -0.39 is 0 Å². The first kappa shape index (κ1) is 11.4. The molecule has 0 fully saturated rings. The average Bonchev–Trinajstić information content (AvgIpc) is 2.48. The molecule has 0 bridgehead atoms. The number of benzene rings is 2. The molecule has 3 nitrogen and oxygen atoms in total. The number of pyridine rings is 1. The lowest BCUT2D eigenvalue weighted by Gasteiger charge is -2.05. The van der Waals surface area contributed by atoms with Gasteiger partial charge in [0.05, 0.1) is 11.9 Å². The Kier molecular flexibility index (Phi) is 2.94. The summed E-state index contributed by atoms with van der Waals surface area (Å²) in [6, 6.07) is 17.9. The van der Waals surface area contributed by atoms with E-state index in [1.54, 1.807) is 0 Å². The van der Waals surface area contributed by atoms with Crippen molar-refractivity contribution in [3.05, 3.63) is 66.4 Å². The van der Waals surface area contributed by atoms with Crippen molar-refractivity contribution >= 4 is 17.0 Å². The highest BCUT2D eigenvalue weighted by Gasteiger charge is 2.04. The van der Waals surface area contributed by atoms with Crippen LogP contribution in [0.5, 0.6) is 0 Å². The van der Waals surface area contributed by atoms with E-state index in [1.165, 1.54) is 11.6 Å². The number of rotatable bonds is 2. The summed E-state index contributed by atoms with van der Waals surface area (Å²) in [5.41, 5.74) is 2.86. The first-order valence-corrected chi connectivity index (χ1v) is 6.00. The van der Waals surface area contributed by atoms with E-state index in [0.29, 0.717) is 0 Å². The summed E-state index contributed by atoms with van der Waals surface area (Å²) in [7, 11) is 0. The van der Waals surface area contributed by atoms with E-state index in [-0.39, 0.29) is 0 Å². The number of aromatic nitrogens is 1. The van der Waals surface area contributed by atoms with Crippen LogP contribution < -0.4 is 0 Å². The largest absolute Gasteiger partial charge is 0.411 e. The standard InChI is InChI=1S/C16H12N2O/c19-18-11-12-5-7-14(8-6-12)16-15-4-2-1-3-13(15)9-10-17-16/h1-11,19H. The zero-order valence-electron chi connectivity index (χ0n) is 10.2. The molecule has 19 heavy (non-hydrogen) atoms. The van der Waals surface area contributed by atoms with E-state index in [9.17, 15) is 0 Å². The van der Waals surface area contributed by atoms with Gasteiger partial charge in [-0.1, -0.05) is 53.7 Å². The fourth-order valence-electron chi connectivity index (χ4n) is 2.14. The molecular formula is C16H12N2O. The van der Waals surface area contributed by atoms with Crippen molar-refractivity contribution in [2.75, 3.05) is 0 Å². The van der Waals surface area contributed by atoms with Crippen LogP contribution in [0.4, 0.5) is 0 Å². The maximum atomic E-state index is 8.50. The van der Waals surface area contributed by atoms with Gasteiger partial charge in [0.2, 0.25) is 0 Å². The molecule has 3 rings (SSSR count). The Morgan fingerprint density at radius 3 is 2.53 bits per heavy atom. The van der Waals surface area contributed by atoms with Crippen LogP contribution in [-0.4, -0.2) is 16.4 Å². The van der Waals surface area contributed by atoms with Crippen LogP contribution >= 0.6 is 0 Å². The van der Waals surface area contributed by atoms with Gasteiger partial charge in [-0.25, -0.2) is 0 Å². The molecule has 0 aliphatic rings. The second-order valence-electron chi connectivity index (χ2n) is 4.25. The van der Waals surface area contributed by atoms with Crippen LogP contribution in [0.15, 0.2) is 65.9 Å². The van der Waals surface area contributed by atoms with Crippen molar-refractivity contribution < 1.29 is 5.21 Å². The molecule has 1 N–H and O–H groups in total. The number of oxime groups is 1. The van der Waals surface area contributed by atoms with E-state index in [0.717, 1.165) is 22.2 Å². The van der Waals surface area contributed by atoms with Crippen LogP contribution in [0.3, 0.4) is 0 Å². The Morgan fingerprint density at radius 1 is 0.947 bits per heavy atom. The predicted molar refractivity (Wildman–Crippen MR) is 76.6 cm³/mol. The number of hydrogen-bond acceptors (Lipinski definition) is 3. The summed E-state index contributed by atoms with van der Waals surface area (Å²) >= 11 is 0. The second-order valence-corrected chi connectivity index (χ2v) is 4.25. The van der Waals surface area contributed by atoms with Crippen molar-refractivity contribution in [1.82, 2.24) is 4.98 Å². The summed E-state index contributed by atoms with van der Waals surface area (Å²) in [6.07, 6.45) is 3.22. The lowest BCUT2D eigenvalue weighted by molar-refractivity contribution is 0.322. The SMILES string of the molecule is ON=Cc1ccc(-c2nccc3ccccc23)cc1. The average molecular weight is 248 g/mol. The first-order valence-electron chi connectivity index (χ1n) is 6.00. The predicted octanol–water partition coefficient (Wildman–Crippen LogP) is 3.71. The van der Waals surface area contributed by atoms with Crippen molar-refractivity contribution in [2.45, 2.75) is 0 Å². The third kappa shape index (κ3) is 2.18. The molecule has 3 heteroatoms. The minimum Gasteiger partial charge on any atom is -0.411 e. The highest BCUT2D eigenvalue weighted by molar-refractivity contribution is 5.94. The molecule has 92 valence electrons. The van der Waals surface area contributed by atoms with Crippen LogP contribution in [0.2, 0.25) is 0 Å². The maximum Gasteiger partial charge on any atom is 0.0780 e. The van der Waals surface area contributed by atoms with Crippen LogP contribution in [0.1, 0.15) is 5.56 Å². The Balaban J connectivity index is 2.13. The molecule has 0 radical (unpaired) electrons. The van der Waals surface area contributed by atoms with Crippen molar-refractivity contribution in [1.29, 1.82) is 0 Å². The van der Waals surface area contributed by atoms with Gasteiger partial charge < -0.3 is 5.21 Å². The third-order valence-electron chi connectivity index (χ3n) is 3.06. The van der Waals surface area contributed by atoms with Gasteiger partial charge in [0.15, 0.2) is 0 Å². The normalized spacial score (nSPS) is 11.2. The molecule has 0 amide bonds. The maximum absolute atomic E-state index is 8.50. The minimum absolute atomic E-state index is 0.853. The Morgan fingerprint density at radius 2 is 1.74 bits per heavy atom. The van der Waals surface area contributed by atoms with E-state index in [2.05, 4.69) is 22.3 Å². The van der Waals surface area contributed by atoms with Gasteiger partial charge in [-0.3, -0.25) is 4.98 Å². The summed E-state index contributed by atoms with van der Waals surface area (Å²) in [5, 5.41) is 13.8. The zero-order valence-corrected chi connectivity index (χ0v) is 10.2. The van der Waals surface area contributed by atoms with Crippen molar-refractivity contribution in [2.24, 2.45) is 5.16 Å². The second kappa shape index (κ2) is 4.90. The monoisotopic (exact) mass is 248 g/mol. The third-order valence-corrected chi connectivity index (χ3v) is 3.06. The lowest BCUT2D eigenvalue weighted by Crippen LogP contribution is -1.87. The molecule has 3 aromatic rings. The highest BCUT2D eigenvalue weighted by atomic mass is 16.4.